The number of fused-ring (bicyclic) bond motifs is 1. The number of carboxylic acids is 1. The van der Waals surface area contributed by atoms with Gasteiger partial charge in [-0.25, -0.2) is 4.79 Å². The molecule has 2 rings (SSSR count). The van der Waals surface area contributed by atoms with Crippen LogP contribution in [0.1, 0.15) is 42.6 Å². The van der Waals surface area contributed by atoms with Crippen LogP contribution in [0.5, 0.6) is 0 Å². The van der Waals surface area contributed by atoms with Gasteiger partial charge >= 0.3 is 5.97 Å². The van der Waals surface area contributed by atoms with Gasteiger partial charge in [0.15, 0.2) is 0 Å². The lowest BCUT2D eigenvalue weighted by atomic mass is 9.77. The van der Waals surface area contributed by atoms with E-state index in [0.29, 0.717) is 5.69 Å². The Morgan fingerprint density at radius 1 is 1.35 bits per heavy atom. The number of hydrogen-bond donors (Lipinski definition) is 2. The highest BCUT2D eigenvalue weighted by atomic mass is 16.4. The van der Waals surface area contributed by atoms with Crippen LogP contribution in [0.25, 0.3) is 0 Å². The molecule has 0 fully saturated rings. The Balaban J connectivity index is 2.56. The second-order valence-electron chi connectivity index (χ2n) is 4.31. The predicted octanol–water partition coefficient (Wildman–Crippen LogP) is 2.39. The summed E-state index contributed by atoms with van der Waals surface area (Å²) in [5.41, 5.74) is 1.26. The fourth-order valence-corrected chi connectivity index (χ4v) is 2.51. The normalized spacial score (nSPS) is 16.5. The van der Waals surface area contributed by atoms with E-state index in [0.717, 1.165) is 18.4 Å². The van der Waals surface area contributed by atoms with E-state index in [4.69, 9.17) is 5.11 Å². The Kier molecular flexibility index (Phi) is 2.65. The van der Waals surface area contributed by atoms with Crippen LogP contribution in [0, 0.1) is 0 Å². The molecule has 0 aromatic heterocycles. The molecule has 17 heavy (non-hydrogen) atoms. The molecule has 2 N–H and O–H groups in total. The summed E-state index contributed by atoms with van der Waals surface area (Å²) in [5.74, 6) is -1.01. The zero-order chi connectivity index (χ0) is 12.6. The van der Waals surface area contributed by atoms with Gasteiger partial charge in [-0.3, -0.25) is 4.79 Å². The fraction of sp³-hybridized carbons (Fsp3) is 0.385. The Bertz CT molecular complexity index is 489. The molecule has 1 heterocycles. The number of hydrogen-bond acceptors (Lipinski definition) is 2. The molecule has 0 saturated carbocycles. The Morgan fingerprint density at radius 2 is 2.00 bits per heavy atom. The third kappa shape index (κ3) is 1.52. The molecule has 1 aromatic rings. The van der Waals surface area contributed by atoms with E-state index in [1.54, 1.807) is 12.1 Å². The Labute approximate surface area is 99.6 Å². The van der Waals surface area contributed by atoms with Crippen molar-refractivity contribution in [3.63, 3.8) is 0 Å². The minimum absolute atomic E-state index is 0.0277. The molecule has 4 heteroatoms. The van der Waals surface area contributed by atoms with Crippen LogP contribution < -0.4 is 5.32 Å². The van der Waals surface area contributed by atoms with Crippen molar-refractivity contribution in [2.24, 2.45) is 0 Å². The van der Waals surface area contributed by atoms with E-state index >= 15 is 0 Å². The van der Waals surface area contributed by atoms with Gasteiger partial charge in [-0.1, -0.05) is 19.9 Å². The second-order valence-corrected chi connectivity index (χ2v) is 4.31. The molecule has 0 atom stereocenters. The van der Waals surface area contributed by atoms with E-state index in [-0.39, 0.29) is 11.5 Å². The van der Waals surface area contributed by atoms with Crippen molar-refractivity contribution in [3.05, 3.63) is 29.3 Å². The largest absolute Gasteiger partial charge is 0.478 e. The predicted molar refractivity (Wildman–Crippen MR) is 64.3 cm³/mol. The van der Waals surface area contributed by atoms with Gasteiger partial charge in [0, 0.05) is 5.69 Å². The molecule has 1 aliphatic heterocycles. The van der Waals surface area contributed by atoms with Crippen LogP contribution >= 0.6 is 0 Å². The van der Waals surface area contributed by atoms with Gasteiger partial charge in [-0.05, 0) is 30.5 Å². The second kappa shape index (κ2) is 3.87. The van der Waals surface area contributed by atoms with Crippen molar-refractivity contribution < 1.29 is 14.7 Å². The molecule has 0 aliphatic carbocycles. The molecule has 0 saturated heterocycles. The summed E-state index contributed by atoms with van der Waals surface area (Å²) in [4.78, 5) is 22.9. The first-order valence-corrected chi connectivity index (χ1v) is 5.74. The zero-order valence-electron chi connectivity index (χ0n) is 9.91. The van der Waals surface area contributed by atoms with Crippen molar-refractivity contribution in [1.29, 1.82) is 0 Å². The van der Waals surface area contributed by atoms with Crippen LogP contribution in [0.15, 0.2) is 18.2 Å². The molecule has 0 spiro atoms. The summed E-state index contributed by atoms with van der Waals surface area (Å²) < 4.78 is 0. The molecule has 0 radical (unpaired) electrons. The minimum Gasteiger partial charge on any atom is -0.478 e. The number of rotatable bonds is 3. The van der Waals surface area contributed by atoms with E-state index < -0.39 is 11.4 Å². The summed E-state index contributed by atoms with van der Waals surface area (Å²) in [6, 6.07) is 4.84. The van der Waals surface area contributed by atoms with Crippen molar-refractivity contribution in [3.8, 4) is 0 Å². The maximum Gasteiger partial charge on any atom is 0.335 e. The standard InChI is InChI=1S/C13H15NO3/c1-3-13(4-2)9-6-5-8(11(15)16)7-10(9)14-12(13)17/h5-7H,3-4H2,1-2H3,(H,14,17)(H,15,16). The molecule has 1 aliphatic rings. The van der Waals surface area contributed by atoms with Crippen molar-refractivity contribution in [2.45, 2.75) is 32.1 Å². The van der Waals surface area contributed by atoms with E-state index in [9.17, 15) is 9.59 Å². The lowest BCUT2D eigenvalue weighted by molar-refractivity contribution is -0.121. The number of carbonyl (C=O) groups is 2. The first-order valence-electron chi connectivity index (χ1n) is 5.74. The van der Waals surface area contributed by atoms with Crippen LogP contribution in [0.2, 0.25) is 0 Å². The van der Waals surface area contributed by atoms with Crippen LogP contribution in [-0.4, -0.2) is 17.0 Å². The summed E-state index contributed by atoms with van der Waals surface area (Å²) in [6.45, 7) is 3.95. The van der Waals surface area contributed by atoms with Gasteiger partial charge in [0.2, 0.25) is 5.91 Å². The maximum atomic E-state index is 12.0. The molecular weight excluding hydrogens is 218 g/mol. The van der Waals surface area contributed by atoms with Crippen LogP contribution in [0.3, 0.4) is 0 Å². The Morgan fingerprint density at radius 3 is 2.53 bits per heavy atom. The number of aromatic carboxylic acids is 1. The zero-order valence-corrected chi connectivity index (χ0v) is 9.91. The molecule has 90 valence electrons. The number of anilines is 1. The highest BCUT2D eigenvalue weighted by molar-refractivity contribution is 6.07. The molecule has 4 nitrogen and oxygen atoms in total. The summed E-state index contributed by atoms with van der Waals surface area (Å²) in [7, 11) is 0. The van der Waals surface area contributed by atoms with E-state index in [2.05, 4.69) is 5.32 Å². The molecule has 1 amide bonds. The number of carboxylic acid groups (broad SMARTS) is 1. The summed E-state index contributed by atoms with van der Waals surface area (Å²) >= 11 is 0. The lowest BCUT2D eigenvalue weighted by Gasteiger charge is -2.23. The molecular formula is C13H15NO3. The van der Waals surface area contributed by atoms with Crippen LogP contribution in [-0.2, 0) is 10.2 Å². The van der Waals surface area contributed by atoms with Gasteiger partial charge < -0.3 is 10.4 Å². The first kappa shape index (κ1) is 11.6. The highest BCUT2D eigenvalue weighted by Gasteiger charge is 2.43. The van der Waals surface area contributed by atoms with Gasteiger partial charge in [0.05, 0.1) is 11.0 Å². The van der Waals surface area contributed by atoms with E-state index in [1.165, 1.54) is 6.07 Å². The smallest absolute Gasteiger partial charge is 0.335 e. The summed E-state index contributed by atoms with van der Waals surface area (Å²) in [5, 5.41) is 11.7. The number of amides is 1. The van der Waals surface area contributed by atoms with Crippen molar-refractivity contribution >= 4 is 17.6 Å². The lowest BCUT2D eigenvalue weighted by Crippen LogP contribution is -2.32. The third-order valence-electron chi connectivity index (χ3n) is 3.67. The average Bonchev–Trinajstić information content (AvgIpc) is 2.60. The highest BCUT2D eigenvalue weighted by Crippen LogP contribution is 2.42. The topological polar surface area (TPSA) is 66.4 Å². The molecule has 0 unspecified atom stereocenters. The van der Waals surface area contributed by atoms with Crippen molar-refractivity contribution in [1.82, 2.24) is 0 Å². The van der Waals surface area contributed by atoms with E-state index in [1.807, 2.05) is 13.8 Å². The molecule has 1 aromatic carbocycles. The molecule has 0 bridgehead atoms. The van der Waals surface area contributed by atoms with Crippen LogP contribution in [0.4, 0.5) is 5.69 Å². The van der Waals surface area contributed by atoms with Gasteiger partial charge in [-0.2, -0.15) is 0 Å². The summed E-state index contributed by atoms with van der Waals surface area (Å²) in [6.07, 6.45) is 1.43. The number of benzene rings is 1. The SMILES string of the molecule is CCC1(CC)C(=O)Nc2cc(C(=O)O)ccc21. The van der Waals surface area contributed by atoms with Gasteiger partial charge in [0.25, 0.3) is 0 Å². The quantitative estimate of drug-likeness (QED) is 0.842. The monoisotopic (exact) mass is 233 g/mol. The van der Waals surface area contributed by atoms with Gasteiger partial charge in [0.1, 0.15) is 0 Å². The van der Waals surface area contributed by atoms with Gasteiger partial charge in [-0.15, -0.1) is 0 Å². The average molecular weight is 233 g/mol. The number of carbonyl (C=O) groups excluding carboxylic acids is 1. The Hall–Kier alpha value is -1.84. The first-order chi connectivity index (χ1) is 8.05. The minimum atomic E-state index is -0.979. The maximum absolute atomic E-state index is 12.0. The number of nitrogens with one attached hydrogen (secondary N) is 1. The van der Waals surface area contributed by atoms with Crippen molar-refractivity contribution in [2.75, 3.05) is 5.32 Å². The third-order valence-corrected chi connectivity index (χ3v) is 3.67. The fourth-order valence-electron chi connectivity index (χ4n) is 2.51.